The lowest BCUT2D eigenvalue weighted by molar-refractivity contribution is 0.00274. The van der Waals surface area contributed by atoms with E-state index >= 15 is 8.78 Å². The quantitative estimate of drug-likeness (QED) is 0.211. The molecule has 9 nitrogen and oxygen atoms in total. The lowest BCUT2D eigenvalue weighted by Gasteiger charge is -2.26. The van der Waals surface area contributed by atoms with Gasteiger partial charge in [0.2, 0.25) is 0 Å². The Morgan fingerprint density at radius 1 is 1.10 bits per heavy atom. The van der Waals surface area contributed by atoms with Crippen LogP contribution in [0.5, 0.6) is 11.5 Å². The summed E-state index contributed by atoms with van der Waals surface area (Å²) in [6.07, 6.45) is 1.19. The Morgan fingerprint density at radius 2 is 1.93 bits per heavy atom. The monoisotopic (exact) mass is 573 g/mol. The number of benzene rings is 3. The van der Waals surface area contributed by atoms with Gasteiger partial charge >= 0.3 is 5.97 Å². The zero-order valence-corrected chi connectivity index (χ0v) is 22.3. The summed E-state index contributed by atoms with van der Waals surface area (Å²) in [5.74, 6) is -6.32. The second-order valence-electron chi connectivity index (χ2n) is 9.52. The minimum Gasteiger partial charge on any atom is -0.478 e. The van der Waals surface area contributed by atoms with Crippen molar-refractivity contribution in [2.75, 3.05) is 5.32 Å². The molecule has 3 aromatic carbocycles. The number of carbonyl (C=O) groups excluding carboxylic acids is 1. The van der Waals surface area contributed by atoms with E-state index in [1.165, 1.54) is 36.6 Å². The zero-order valence-electron chi connectivity index (χ0n) is 22.3. The number of alkyl halides is 1. The van der Waals surface area contributed by atoms with Crippen LogP contribution in [0.2, 0.25) is 0 Å². The number of rotatable bonds is 9. The maximum absolute atomic E-state index is 15.8. The average molecular weight is 574 g/mol. The van der Waals surface area contributed by atoms with E-state index in [4.69, 9.17) is 19.6 Å². The Hall–Kier alpha value is -5.29. The van der Waals surface area contributed by atoms with Crippen LogP contribution in [-0.4, -0.2) is 29.1 Å². The topological polar surface area (TPSA) is 136 Å². The van der Waals surface area contributed by atoms with E-state index in [-0.39, 0.29) is 28.5 Å². The summed E-state index contributed by atoms with van der Waals surface area (Å²) in [5, 5.41) is 12.1. The first kappa shape index (κ1) is 28.2. The molecule has 2 heterocycles. The lowest BCUT2D eigenvalue weighted by Crippen LogP contribution is -2.35. The molecule has 0 bridgehead atoms. The fourth-order valence-electron chi connectivity index (χ4n) is 4.27. The fourth-order valence-corrected chi connectivity index (χ4v) is 4.27. The SMILES string of the molecule is Cc1ccc(C(=O)O)c(OC2=C(F)CC(F)(Oc3cc(NC(=O)c4ccco4)cc(-c4cccc(CN)c4)c3)C=N2)c1. The Bertz CT molecular complexity index is 1720. The number of ether oxygens (including phenoxy) is 2. The van der Waals surface area contributed by atoms with Crippen molar-refractivity contribution < 1.29 is 37.4 Å². The van der Waals surface area contributed by atoms with E-state index < -0.39 is 35.9 Å². The second-order valence-corrected chi connectivity index (χ2v) is 9.52. The maximum Gasteiger partial charge on any atom is 0.339 e. The van der Waals surface area contributed by atoms with Gasteiger partial charge in [-0.25, -0.2) is 14.2 Å². The molecule has 0 radical (unpaired) electrons. The minimum atomic E-state index is -2.72. The molecule has 5 rings (SSSR count). The summed E-state index contributed by atoms with van der Waals surface area (Å²) in [5.41, 5.74) is 8.65. The highest BCUT2D eigenvalue weighted by Crippen LogP contribution is 2.36. The molecule has 11 heteroatoms. The molecule has 0 fully saturated rings. The Balaban J connectivity index is 1.42. The fraction of sp³-hybridized carbons (Fsp3) is 0.129. The van der Waals surface area contributed by atoms with Crippen LogP contribution in [0.15, 0.2) is 100 Å². The van der Waals surface area contributed by atoms with Crippen LogP contribution in [0.1, 0.15) is 38.5 Å². The number of anilines is 1. The number of aromatic carboxylic acids is 1. The standard InChI is InChI=1S/C31H25F2N3O6/c1-18-7-8-24(30(38)39)27(10-18)41-29-25(32)15-31(33,17-35-29)42-23-13-21(20-5-2-4-19(11-20)16-34)12-22(14-23)36-28(37)26-6-3-9-40-26/h2-14,17H,15-16,34H2,1H3,(H,36,37)(H,38,39). The van der Waals surface area contributed by atoms with Crippen LogP contribution in [0.3, 0.4) is 0 Å². The van der Waals surface area contributed by atoms with Gasteiger partial charge in [0.25, 0.3) is 17.6 Å². The van der Waals surface area contributed by atoms with Crippen LogP contribution in [0, 0.1) is 6.92 Å². The molecule has 1 amide bonds. The Morgan fingerprint density at radius 3 is 2.64 bits per heavy atom. The van der Waals surface area contributed by atoms with Crippen molar-refractivity contribution in [3.8, 4) is 22.6 Å². The molecule has 4 N–H and O–H groups in total. The number of halogens is 2. The summed E-state index contributed by atoms with van der Waals surface area (Å²) in [7, 11) is 0. The largest absolute Gasteiger partial charge is 0.478 e. The van der Waals surface area contributed by atoms with Crippen molar-refractivity contribution in [2.24, 2.45) is 10.7 Å². The van der Waals surface area contributed by atoms with Crippen molar-refractivity contribution in [1.82, 2.24) is 0 Å². The smallest absolute Gasteiger partial charge is 0.339 e. The molecule has 214 valence electrons. The molecular weight excluding hydrogens is 548 g/mol. The number of carbonyl (C=O) groups is 2. The number of furan rings is 1. The highest BCUT2D eigenvalue weighted by molar-refractivity contribution is 6.02. The summed E-state index contributed by atoms with van der Waals surface area (Å²) in [6.45, 7) is 2.00. The number of hydrogen-bond acceptors (Lipinski definition) is 7. The van der Waals surface area contributed by atoms with Crippen molar-refractivity contribution in [3.05, 3.63) is 113 Å². The average Bonchev–Trinajstić information content (AvgIpc) is 3.50. The second kappa shape index (κ2) is 11.7. The predicted molar refractivity (Wildman–Crippen MR) is 151 cm³/mol. The Labute approximate surface area is 238 Å². The first-order valence-corrected chi connectivity index (χ1v) is 12.8. The van der Waals surface area contributed by atoms with Gasteiger partial charge < -0.3 is 30.0 Å². The molecule has 0 spiro atoms. The summed E-state index contributed by atoms with van der Waals surface area (Å²) < 4.78 is 47.1. The first-order valence-electron chi connectivity index (χ1n) is 12.8. The summed E-state index contributed by atoms with van der Waals surface area (Å²) >= 11 is 0. The molecule has 0 saturated heterocycles. The summed E-state index contributed by atoms with van der Waals surface area (Å²) in [4.78, 5) is 27.9. The molecule has 1 atom stereocenters. The first-order chi connectivity index (χ1) is 20.1. The van der Waals surface area contributed by atoms with E-state index in [1.807, 2.05) is 24.3 Å². The number of hydrogen-bond donors (Lipinski definition) is 3. The van der Waals surface area contributed by atoms with Crippen molar-refractivity contribution in [2.45, 2.75) is 25.7 Å². The summed E-state index contributed by atoms with van der Waals surface area (Å²) in [6, 6.07) is 19.2. The molecular formula is C31H25F2N3O6. The van der Waals surface area contributed by atoms with Gasteiger partial charge in [0.15, 0.2) is 11.6 Å². The van der Waals surface area contributed by atoms with Crippen molar-refractivity contribution in [3.63, 3.8) is 0 Å². The van der Waals surface area contributed by atoms with E-state index in [0.717, 1.165) is 17.3 Å². The molecule has 1 unspecified atom stereocenters. The molecule has 42 heavy (non-hydrogen) atoms. The number of amides is 1. The van der Waals surface area contributed by atoms with Crippen LogP contribution >= 0.6 is 0 Å². The predicted octanol–water partition coefficient (Wildman–Crippen LogP) is 6.40. The van der Waals surface area contributed by atoms with Crippen LogP contribution in [0.4, 0.5) is 14.5 Å². The molecule has 0 saturated carbocycles. The van der Waals surface area contributed by atoms with Crippen LogP contribution in [-0.2, 0) is 6.54 Å². The van der Waals surface area contributed by atoms with Gasteiger partial charge in [0.1, 0.15) is 17.1 Å². The highest BCUT2D eigenvalue weighted by atomic mass is 19.2. The van der Waals surface area contributed by atoms with Gasteiger partial charge in [-0.05, 0) is 71.6 Å². The molecule has 1 aromatic heterocycles. The van der Waals surface area contributed by atoms with Gasteiger partial charge in [-0.15, -0.1) is 0 Å². The third-order valence-electron chi connectivity index (χ3n) is 6.27. The number of aliphatic imine (C=N–C) groups is 1. The number of nitrogens with one attached hydrogen (secondary N) is 1. The number of aryl methyl sites for hydroxylation is 1. The van der Waals surface area contributed by atoms with E-state index in [0.29, 0.717) is 17.7 Å². The molecule has 1 aliphatic rings. The van der Waals surface area contributed by atoms with Crippen molar-refractivity contribution in [1.29, 1.82) is 0 Å². The third-order valence-corrected chi connectivity index (χ3v) is 6.27. The Kier molecular flexibility index (Phi) is 7.85. The van der Waals surface area contributed by atoms with E-state index in [1.54, 1.807) is 25.1 Å². The van der Waals surface area contributed by atoms with Crippen LogP contribution < -0.4 is 20.5 Å². The van der Waals surface area contributed by atoms with Crippen molar-refractivity contribution >= 4 is 23.8 Å². The number of nitrogens with two attached hydrogens (primary N) is 1. The maximum atomic E-state index is 15.8. The lowest BCUT2D eigenvalue weighted by atomic mass is 10.0. The number of carboxylic acid groups (broad SMARTS) is 1. The van der Waals surface area contributed by atoms with Gasteiger partial charge in [0.05, 0.1) is 18.9 Å². The van der Waals surface area contributed by atoms with Gasteiger partial charge in [0, 0.05) is 18.3 Å². The number of nitrogens with zero attached hydrogens (tertiary/aromatic N) is 1. The molecule has 4 aromatic rings. The van der Waals surface area contributed by atoms with Gasteiger partial charge in [-0.1, -0.05) is 24.3 Å². The third kappa shape index (κ3) is 6.37. The van der Waals surface area contributed by atoms with E-state index in [2.05, 4.69) is 10.3 Å². The minimum absolute atomic E-state index is 0.0293. The van der Waals surface area contributed by atoms with Crippen LogP contribution in [0.25, 0.3) is 11.1 Å². The normalized spacial score (nSPS) is 16.3. The number of carboxylic acids is 1. The zero-order chi connectivity index (χ0) is 29.9. The van der Waals surface area contributed by atoms with Gasteiger partial charge in [-0.2, -0.15) is 4.39 Å². The van der Waals surface area contributed by atoms with E-state index in [9.17, 15) is 14.7 Å². The van der Waals surface area contributed by atoms with Gasteiger partial charge in [-0.3, -0.25) is 4.79 Å². The molecule has 1 aliphatic heterocycles. The highest BCUT2D eigenvalue weighted by Gasteiger charge is 2.37. The molecule has 0 aliphatic carbocycles.